The molecule has 12 heteroatoms. The van der Waals surface area contributed by atoms with Crippen LogP contribution in [0.2, 0.25) is 5.02 Å². The predicted molar refractivity (Wildman–Crippen MR) is 143 cm³/mol. The molecule has 2 heterocycles. The Bertz CT molecular complexity index is 1230. The molecule has 4 atom stereocenters. The van der Waals surface area contributed by atoms with E-state index in [4.69, 9.17) is 35.3 Å². The molecule has 2 aliphatic heterocycles. The summed E-state index contributed by atoms with van der Waals surface area (Å²) in [4.78, 5) is 14.0. The van der Waals surface area contributed by atoms with Crippen molar-refractivity contribution in [1.29, 1.82) is 0 Å². The van der Waals surface area contributed by atoms with Gasteiger partial charge in [-0.15, -0.1) is 0 Å². The third-order valence-electron chi connectivity index (χ3n) is 7.46. The van der Waals surface area contributed by atoms with Gasteiger partial charge in [0.05, 0.1) is 44.2 Å². The first-order valence-corrected chi connectivity index (χ1v) is 14.0. The van der Waals surface area contributed by atoms with Crippen molar-refractivity contribution in [2.24, 2.45) is 0 Å². The first-order chi connectivity index (χ1) is 19.4. The van der Waals surface area contributed by atoms with Gasteiger partial charge in [-0.3, -0.25) is 10.2 Å². The number of hydrazine groups is 1. The van der Waals surface area contributed by atoms with E-state index in [2.05, 4.69) is 5.43 Å². The Labute approximate surface area is 241 Å². The van der Waals surface area contributed by atoms with E-state index in [0.29, 0.717) is 36.9 Å². The van der Waals surface area contributed by atoms with Gasteiger partial charge in [0.25, 0.3) is 5.91 Å². The smallest absolute Gasteiger partial charge is 0.379 e. The lowest BCUT2D eigenvalue weighted by Gasteiger charge is -2.44. The standard InChI is InChI=1S/C29H34ClF3N2O6/c1-27(2)40-24-16-28(26(36)34-35-9-11-37-12-10-35,39-18-19-5-3-7-21(13-19)29(31,32)33)15-23(25(24)41-27)38-17-20-6-4-8-22(30)14-20/h3-8,13-14,23-25H,9-12,15-18H2,1-2H3,(H,34,36)/t23-,24+,25-,28+/m0/s1. The maximum absolute atomic E-state index is 14.0. The minimum absolute atomic E-state index is 0.101. The van der Waals surface area contributed by atoms with Crippen LogP contribution < -0.4 is 5.43 Å². The van der Waals surface area contributed by atoms with E-state index in [1.165, 1.54) is 6.07 Å². The first-order valence-electron chi connectivity index (χ1n) is 13.6. The van der Waals surface area contributed by atoms with E-state index >= 15 is 0 Å². The molecule has 41 heavy (non-hydrogen) atoms. The highest BCUT2D eigenvalue weighted by molar-refractivity contribution is 6.30. The van der Waals surface area contributed by atoms with Crippen LogP contribution in [-0.4, -0.2) is 66.9 Å². The van der Waals surface area contributed by atoms with Crippen molar-refractivity contribution in [1.82, 2.24) is 10.4 Å². The molecule has 1 saturated carbocycles. The summed E-state index contributed by atoms with van der Waals surface area (Å²) in [5, 5.41) is 2.32. The Kier molecular flexibility index (Phi) is 8.96. The van der Waals surface area contributed by atoms with Gasteiger partial charge in [0.2, 0.25) is 0 Å². The molecule has 0 spiro atoms. The van der Waals surface area contributed by atoms with Gasteiger partial charge >= 0.3 is 6.18 Å². The van der Waals surface area contributed by atoms with Crippen LogP contribution in [0, 0.1) is 0 Å². The summed E-state index contributed by atoms with van der Waals surface area (Å²) in [6.07, 6.45) is -5.92. The highest BCUT2D eigenvalue weighted by Crippen LogP contribution is 2.44. The molecule has 0 unspecified atom stereocenters. The zero-order chi connectivity index (χ0) is 29.3. The summed E-state index contributed by atoms with van der Waals surface area (Å²) in [7, 11) is 0. The second-order valence-corrected chi connectivity index (χ2v) is 11.5. The number of benzene rings is 2. The highest BCUT2D eigenvalue weighted by Gasteiger charge is 2.58. The van der Waals surface area contributed by atoms with Crippen LogP contribution in [0.4, 0.5) is 13.2 Å². The molecule has 0 aromatic heterocycles. The average molecular weight is 599 g/mol. The van der Waals surface area contributed by atoms with Gasteiger partial charge < -0.3 is 23.7 Å². The van der Waals surface area contributed by atoms with Gasteiger partial charge in [-0.2, -0.15) is 13.2 Å². The molecule has 2 aromatic rings. The minimum Gasteiger partial charge on any atom is -0.379 e. The predicted octanol–water partition coefficient (Wildman–Crippen LogP) is 4.88. The van der Waals surface area contributed by atoms with Crippen LogP contribution in [0.15, 0.2) is 48.5 Å². The van der Waals surface area contributed by atoms with Crippen molar-refractivity contribution in [3.63, 3.8) is 0 Å². The molecular formula is C29H34ClF3N2O6. The average Bonchev–Trinajstić information content (AvgIpc) is 3.24. The van der Waals surface area contributed by atoms with Crippen molar-refractivity contribution in [2.45, 2.75) is 75.8 Å². The summed E-state index contributed by atoms with van der Waals surface area (Å²) >= 11 is 6.15. The molecule has 1 amide bonds. The lowest BCUT2D eigenvalue weighted by Crippen LogP contribution is -2.63. The summed E-state index contributed by atoms with van der Waals surface area (Å²) in [6, 6.07) is 12.2. The minimum atomic E-state index is -4.50. The number of nitrogens with zero attached hydrogens (tertiary/aromatic N) is 1. The number of hydrogen-bond acceptors (Lipinski definition) is 7. The van der Waals surface area contributed by atoms with Crippen molar-refractivity contribution >= 4 is 17.5 Å². The quantitative estimate of drug-likeness (QED) is 0.464. The molecule has 1 N–H and O–H groups in total. The maximum Gasteiger partial charge on any atom is 0.416 e. The molecule has 2 aromatic carbocycles. The van der Waals surface area contributed by atoms with Gasteiger partial charge in [-0.1, -0.05) is 35.9 Å². The lowest BCUT2D eigenvalue weighted by molar-refractivity contribution is -0.187. The lowest BCUT2D eigenvalue weighted by atomic mass is 9.78. The van der Waals surface area contributed by atoms with Crippen LogP contribution in [-0.2, 0) is 47.9 Å². The van der Waals surface area contributed by atoms with E-state index in [1.54, 1.807) is 37.1 Å². The second kappa shape index (κ2) is 12.2. The number of nitrogens with one attached hydrogen (secondary N) is 1. The highest BCUT2D eigenvalue weighted by atomic mass is 35.5. The number of amides is 1. The SMILES string of the molecule is CC1(C)O[C@H]2[C@@H](OCc3cccc(Cl)c3)C[C@](OCc3cccc(C(F)(F)F)c3)(C(=O)NN3CCOCC3)C[C@H]2O1. The number of halogens is 4. The summed E-state index contributed by atoms with van der Waals surface area (Å²) in [5.74, 6) is -1.35. The van der Waals surface area contributed by atoms with Gasteiger partial charge in [0.1, 0.15) is 6.10 Å². The Morgan fingerprint density at radius 2 is 1.76 bits per heavy atom. The van der Waals surface area contributed by atoms with Crippen molar-refractivity contribution < 1.29 is 41.7 Å². The van der Waals surface area contributed by atoms with Gasteiger partial charge in [-0.05, 0) is 49.2 Å². The van der Waals surface area contributed by atoms with Crippen LogP contribution in [0.5, 0.6) is 0 Å². The van der Waals surface area contributed by atoms with E-state index in [0.717, 1.165) is 17.7 Å². The number of ether oxygens (including phenoxy) is 5. The van der Waals surface area contributed by atoms with Crippen molar-refractivity contribution in [3.8, 4) is 0 Å². The monoisotopic (exact) mass is 598 g/mol. The summed E-state index contributed by atoms with van der Waals surface area (Å²) in [5.41, 5.74) is 1.81. The molecule has 3 aliphatic rings. The number of carbonyl (C=O) groups is 1. The summed E-state index contributed by atoms with van der Waals surface area (Å²) < 4.78 is 70.6. The second-order valence-electron chi connectivity index (χ2n) is 11.0. The topological polar surface area (TPSA) is 78.5 Å². The van der Waals surface area contributed by atoms with E-state index in [9.17, 15) is 18.0 Å². The molecule has 2 saturated heterocycles. The zero-order valence-electron chi connectivity index (χ0n) is 22.9. The molecular weight excluding hydrogens is 565 g/mol. The fourth-order valence-electron chi connectivity index (χ4n) is 5.52. The third kappa shape index (κ3) is 7.40. The van der Waals surface area contributed by atoms with E-state index in [-0.39, 0.29) is 26.1 Å². The Morgan fingerprint density at radius 3 is 2.46 bits per heavy atom. The van der Waals surface area contributed by atoms with Crippen LogP contribution >= 0.6 is 11.6 Å². The van der Waals surface area contributed by atoms with E-state index < -0.39 is 47.3 Å². The molecule has 1 aliphatic carbocycles. The number of hydrogen-bond donors (Lipinski definition) is 1. The van der Waals surface area contributed by atoms with Crippen LogP contribution in [0.25, 0.3) is 0 Å². The molecule has 0 radical (unpaired) electrons. The Balaban J connectivity index is 1.42. The number of carbonyl (C=O) groups excluding carboxylic acids is 1. The molecule has 0 bridgehead atoms. The van der Waals surface area contributed by atoms with Crippen LogP contribution in [0.3, 0.4) is 0 Å². The van der Waals surface area contributed by atoms with Crippen molar-refractivity contribution in [2.75, 3.05) is 26.3 Å². The summed E-state index contributed by atoms with van der Waals surface area (Å²) in [6.45, 7) is 5.46. The number of alkyl halides is 3. The normalized spacial score (nSPS) is 28.3. The number of morpholine rings is 1. The number of fused-ring (bicyclic) bond motifs is 1. The third-order valence-corrected chi connectivity index (χ3v) is 7.69. The fourth-order valence-corrected chi connectivity index (χ4v) is 5.73. The molecule has 5 rings (SSSR count). The van der Waals surface area contributed by atoms with E-state index in [1.807, 2.05) is 12.1 Å². The molecule has 8 nitrogen and oxygen atoms in total. The van der Waals surface area contributed by atoms with Gasteiger partial charge in [0.15, 0.2) is 11.4 Å². The number of rotatable bonds is 8. The van der Waals surface area contributed by atoms with Gasteiger partial charge in [-0.25, -0.2) is 5.01 Å². The zero-order valence-corrected chi connectivity index (χ0v) is 23.7. The largest absolute Gasteiger partial charge is 0.416 e. The van der Waals surface area contributed by atoms with Gasteiger partial charge in [0, 0.05) is 31.0 Å². The van der Waals surface area contributed by atoms with Crippen molar-refractivity contribution in [3.05, 3.63) is 70.2 Å². The Hall–Kier alpha value is -2.25. The molecule has 3 fully saturated rings. The fraction of sp³-hybridized carbons (Fsp3) is 0.552. The Morgan fingerprint density at radius 1 is 1.05 bits per heavy atom. The molecule has 224 valence electrons. The van der Waals surface area contributed by atoms with Crippen LogP contribution in [0.1, 0.15) is 43.4 Å². The maximum atomic E-state index is 14.0. The first kappa shape index (κ1) is 30.2.